The third kappa shape index (κ3) is 2.95. The first-order chi connectivity index (χ1) is 11.8. The Morgan fingerprint density at radius 2 is 1.79 bits per heavy atom. The largest absolute Gasteiger partial charge is 0.355 e. The molecule has 0 saturated carbocycles. The Labute approximate surface area is 140 Å². The summed E-state index contributed by atoms with van der Waals surface area (Å²) in [6.07, 6.45) is 2.81. The molecule has 120 valence electrons. The van der Waals surface area contributed by atoms with E-state index < -0.39 is 0 Å². The second-order valence-corrected chi connectivity index (χ2v) is 6.12. The quantitative estimate of drug-likeness (QED) is 0.802. The van der Waals surface area contributed by atoms with Crippen LogP contribution in [-0.4, -0.2) is 17.1 Å². The van der Waals surface area contributed by atoms with Crippen molar-refractivity contribution in [2.45, 2.75) is 25.3 Å². The SMILES string of the molecule is O=C(NC1CCc2ccccc2C1)c1cc(-c2ccccc2)on1. The topological polar surface area (TPSA) is 55.1 Å². The minimum Gasteiger partial charge on any atom is -0.355 e. The highest BCUT2D eigenvalue weighted by atomic mass is 16.5. The molecule has 0 saturated heterocycles. The number of rotatable bonds is 3. The second-order valence-electron chi connectivity index (χ2n) is 6.12. The van der Waals surface area contributed by atoms with Crippen LogP contribution in [0.1, 0.15) is 28.0 Å². The lowest BCUT2D eigenvalue weighted by Crippen LogP contribution is -2.38. The third-order valence-electron chi connectivity index (χ3n) is 4.48. The molecule has 1 aliphatic carbocycles. The van der Waals surface area contributed by atoms with E-state index in [9.17, 15) is 4.79 Å². The van der Waals surface area contributed by atoms with Gasteiger partial charge in [0.05, 0.1) is 0 Å². The molecule has 1 amide bonds. The molecule has 0 aliphatic heterocycles. The van der Waals surface area contributed by atoms with Gasteiger partial charge in [-0.25, -0.2) is 0 Å². The molecule has 0 radical (unpaired) electrons. The molecule has 1 heterocycles. The lowest BCUT2D eigenvalue weighted by atomic mass is 9.88. The molecule has 0 bridgehead atoms. The van der Waals surface area contributed by atoms with Crippen LogP contribution in [-0.2, 0) is 12.8 Å². The highest BCUT2D eigenvalue weighted by molar-refractivity contribution is 5.93. The predicted octanol–water partition coefficient (Wildman–Crippen LogP) is 3.63. The zero-order valence-corrected chi connectivity index (χ0v) is 13.2. The number of carbonyl (C=O) groups is 1. The number of nitrogens with one attached hydrogen (secondary N) is 1. The Kier molecular flexibility index (Phi) is 3.87. The minimum absolute atomic E-state index is 0.143. The summed E-state index contributed by atoms with van der Waals surface area (Å²) in [5.74, 6) is 0.431. The monoisotopic (exact) mass is 318 g/mol. The summed E-state index contributed by atoms with van der Waals surface area (Å²) < 4.78 is 5.31. The van der Waals surface area contributed by atoms with Crippen LogP contribution >= 0.6 is 0 Å². The van der Waals surface area contributed by atoms with Crippen LogP contribution in [0.5, 0.6) is 0 Å². The van der Waals surface area contributed by atoms with E-state index in [1.807, 2.05) is 36.4 Å². The van der Waals surface area contributed by atoms with Gasteiger partial charge < -0.3 is 9.84 Å². The van der Waals surface area contributed by atoms with Crippen molar-refractivity contribution in [3.05, 3.63) is 77.5 Å². The molecule has 1 aliphatic rings. The highest BCUT2D eigenvalue weighted by Gasteiger charge is 2.22. The number of hydrogen-bond acceptors (Lipinski definition) is 3. The van der Waals surface area contributed by atoms with E-state index in [1.165, 1.54) is 11.1 Å². The van der Waals surface area contributed by atoms with Gasteiger partial charge in [0.25, 0.3) is 5.91 Å². The van der Waals surface area contributed by atoms with Gasteiger partial charge in [0, 0.05) is 17.7 Å². The van der Waals surface area contributed by atoms with Crippen molar-refractivity contribution < 1.29 is 9.32 Å². The maximum Gasteiger partial charge on any atom is 0.273 e. The van der Waals surface area contributed by atoms with Gasteiger partial charge >= 0.3 is 0 Å². The lowest BCUT2D eigenvalue weighted by molar-refractivity contribution is 0.0924. The summed E-state index contributed by atoms with van der Waals surface area (Å²) in [6, 6.07) is 19.9. The van der Waals surface area contributed by atoms with E-state index in [2.05, 4.69) is 28.7 Å². The normalized spacial score (nSPS) is 16.4. The summed E-state index contributed by atoms with van der Waals surface area (Å²) in [5.41, 5.74) is 3.94. The third-order valence-corrected chi connectivity index (χ3v) is 4.48. The van der Waals surface area contributed by atoms with Crippen LogP contribution in [0.3, 0.4) is 0 Å². The molecule has 0 fully saturated rings. The Bertz CT molecular complexity index is 855. The summed E-state index contributed by atoms with van der Waals surface area (Å²) in [4.78, 5) is 12.4. The summed E-state index contributed by atoms with van der Waals surface area (Å²) in [5, 5.41) is 6.99. The van der Waals surface area contributed by atoms with E-state index in [-0.39, 0.29) is 11.9 Å². The van der Waals surface area contributed by atoms with Crippen molar-refractivity contribution in [1.29, 1.82) is 0 Å². The zero-order valence-electron chi connectivity index (χ0n) is 13.2. The average Bonchev–Trinajstić information content (AvgIpc) is 3.13. The number of aromatic nitrogens is 1. The second kappa shape index (κ2) is 6.32. The molecule has 3 aromatic rings. The molecule has 4 rings (SSSR count). The van der Waals surface area contributed by atoms with Crippen molar-refractivity contribution in [2.75, 3.05) is 0 Å². The molecule has 1 unspecified atom stereocenters. The van der Waals surface area contributed by atoms with Crippen molar-refractivity contribution in [3.63, 3.8) is 0 Å². The molecule has 2 aromatic carbocycles. The molecule has 1 N–H and O–H groups in total. The van der Waals surface area contributed by atoms with Crippen LogP contribution in [0.15, 0.2) is 65.2 Å². The Balaban J connectivity index is 1.45. The van der Waals surface area contributed by atoms with Crippen molar-refractivity contribution >= 4 is 5.91 Å². The first-order valence-electron chi connectivity index (χ1n) is 8.19. The van der Waals surface area contributed by atoms with Gasteiger partial charge in [-0.15, -0.1) is 0 Å². The van der Waals surface area contributed by atoms with Gasteiger partial charge in [-0.1, -0.05) is 59.8 Å². The molecule has 1 atom stereocenters. The zero-order chi connectivity index (χ0) is 16.4. The number of aryl methyl sites for hydroxylation is 1. The molecular weight excluding hydrogens is 300 g/mol. The van der Waals surface area contributed by atoms with Gasteiger partial charge in [-0.2, -0.15) is 0 Å². The van der Waals surface area contributed by atoms with Crippen molar-refractivity contribution in [3.8, 4) is 11.3 Å². The lowest BCUT2D eigenvalue weighted by Gasteiger charge is -2.25. The summed E-state index contributed by atoms with van der Waals surface area (Å²) >= 11 is 0. The fourth-order valence-electron chi connectivity index (χ4n) is 3.20. The summed E-state index contributed by atoms with van der Waals surface area (Å²) in [6.45, 7) is 0. The van der Waals surface area contributed by atoms with Crippen LogP contribution in [0.4, 0.5) is 0 Å². The van der Waals surface area contributed by atoms with E-state index >= 15 is 0 Å². The molecule has 24 heavy (non-hydrogen) atoms. The Hall–Kier alpha value is -2.88. The standard InChI is InChI=1S/C20H18N2O2/c23-20(18-13-19(24-22-18)15-7-2-1-3-8-15)21-17-11-10-14-6-4-5-9-16(14)12-17/h1-9,13,17H,10-12H2,(H,21,23). The van der Waals surface area contributed by atoms with Crippen LogP contribution in [0, 0.1) is 0 Å². The molecule has 1 aromatic heterocycles. The fourth-order valence-corrected chi connectivity index (χ4v) is 3.20. The van der Waals surface area contributed by atoms with Crippen LogP contribution in [0.2, 0.25) is 0 Å². The minimum atomic E-state index is -0.176. The summed E-state index contributed by atoms with van der Waals surface area (Å²) in [7, 11) is 0. The number of carbonyl (C=O) groups excluding carboxylic acids is 1. The average molecular weight is 318 g/mol. The van der Waals surface area contributed by atoms with Gasteiger partial charge in [0.15, 0.2) is 11.5 Å². The van der Waals surface area contributed by atoms with E-state index in [0.29, 0.717) is 11.5 Å². The smallest absolute Gasteiger partial charge is 0.273 e. The maximum atomic E-state index is 12.4. The molecule has 0 spiro atoms. The maximum absolute atomic E-state index is 12.4. The van der Waals surface area contributed by atoms with Crippen LogP contribution < -0.4 is 5.32 Å². The van der Waals surface area contributed by atoms with Gasteiger partial charge in [-0.3, -0.25) is 4.79 Å². The first kappa shape index (κ1) is 14.7. The Morgan fingerprint density at radius 3 is 2.62 bits per heavy atom. The highest BCUT2D eigenvalue weighted by Crippen LogP contribution is 2.22. The van der Waals surface area contributed by atoms with E-state index in [1.54, 1.807) is 6.07 Å². The van der Waals surface area contributed by atoms with Gasteiger partial charge in [-0.05, 0) is 30.4 Å². The number of amides is 1. The fraction of sp³-hybridized carbons (Fsp3) is 0.200. The van der Waals surface area contributed by atoms with Gasteiger partial charge in [0.1, 0.15) is 0 Å². The Morgan fingerprint density at radius 1 is 1.04 bits per heavy atom. The molecular formula is C20H18N2O2. The number of nitrogens with zero attached hydrogens (tertiary/aromatic N) is 1. The van der Waals surface area contributed by atoms with Crippen molar-refractivity contribution in [2.24, 2.45) is 0 Å². The van der Waals surface area contributed by atoms with Crippen molar-refractivity contribution in [1.82, 2.24) is 10.5 Å². The predicted molar refractivity (Wildman–Crippen MR) is 91.7 cm³/mol. The molecule has 4 nitrogen and oxygen atoms in total. The molecule has 4 heteroatoms. The first-order valence-corrected chi connectivity index (χ1v) is 8.19. The van der Waals surface area contributed by atoms with E-state index in [4.69, 9.17) is 4.52 Å². The number of fused-ring (bicyclic) bond motifs is 1. The van der Waals surface area contributed by atoms with Gasteiger partial charge in [0.2, 0.25) is 0 Å². The number of hydrogen-bond donors (Lipinski definition) is 1. The van der Waals surface area contributed by atoms with E-state index in [0.717, 1.165) is 24.8 Å². The van der Waals surface area contributed by atoms with Crippen LogP contribution in [0.25, 0.3) is 11.3 Å². The number of benzene rings is 2.